The molecular weight excluding hydrogens is 305 g/mol. The van der Waals surface area contributed by atoms with Crippen molar-refractivity contribution < 1.29 is 13.2 Å². The third kappa shape index (κ3) is 4.84. The Morgan fingerprint density at radius 2 is 1.78 bits per heavy atom. The quantitative estimate of drug-likeness (QED) is 0.752. The molecule has 0 bridgehead atoms. The highest BCUT2D eigenvalue weighted by Crippen LogP contribution is 2.35. The van der Waals surface area contributed by atoms with E-state index in [1.165, 1.54) is 12.1 Å². The van der Waals surface area contributed by atoms with Crippen molar-refractivity contribution in [3.05, 3.63) is 41.7 Å². The Morgan fingerprint density at radius 1 is 1.09 bits per heavy atom. The first-order chi connectivity index (χ1) is 10.9. The minimum atomic E-state index is -4.42. The smallest absolute Gasteiger partial charge is 0.370 e. The first kappa shape index (κ1) is 17.1. The van der Waals surface area contributed by atoms with Crippen LogP contribution in [-0.2, 0) is 6.18 Å². The maximum atomic E-state index is 13.0. The van der Waals surface area contributed by atoms with E-state index in [-0.39, 0.29) is 5.69 Å². The van der Waals surface area contributed by atoms with Crippen LogP contribution in [0.25, 0.3) is 0 Å². The van der Waals surface area contributed by atoms with E-state index >= 15 is 0 Å². The first-order valence-electron chi connectivity index (χ1n) is 7.43. The van der Waals surface area contributed by atoms with Crippen molar-refractivity contribution in [3.63, 3.8) is 0 Å². The van der Waals surface area contributed by atoms with Gasteiger partial charge >= 0.3 is 6.18 Å². The Bertz CT molecular complexity index is 656. The number of benzene rings is 1. The van der Waals surface area contributed by atoms with Gasteiger partial charge in [0.15, 0.2) is 0 Å². The molecule has 1 aromatic carbocycles. The second-order valence-corrected chi connectivity index (χ2v) is 5.13. The third-order valence-electron chi connectivity index (χ3n) is 3.17. The summed E-state index contributed by atoms with van der Waals surface area (Å²) in [6, 6.07) is 6.93. The summed E-state index contributed by atoms with van der Waals surface area (Å²) in [5.74, 6) is 1.41. The van der Waals surface area contributed by atoms with Crippen molar-refractivity contribution >= 4 is 17.3 Å². The molecule has 2 N–H and O–H groups in total. The van der Waals surface area contributed by atoms with E-state index in [0.717, 1.165) is 25.5 Å². The van der Waals surface area contributed by atoms with E-state index in [0.29, 0.717) is 17.5 Å². The maximum absolute atomic E-state index is 13.0. The molecule has 0 saturated carbocycles. The fourth-order valence-corrected chi connectivity index (χ4v) is 2.09. The molecule has 1 aromatic heterocycles. The molecule has 0 aliphatic rings. The molecule has 2 aromatic rings. The molecular formula is C16H19F3N4. The van der Waals surface area contributed by atoms with E-state index in [2.05, 4.69) is 27.5 Å². The monoisotopic (exact) mass is 324 g/mol. The molecule has 23 heavy (non-hydrogen) atoms. The van der Waals surface area contributed by atoms with Crippen molar-refractivity contribution in [2.45, 2.75) is 32.9 Å². The van der Waals surface area contributed by atoms with Crippen LogP contribution < -0.4 is 10.6 Å². The molecule has 0 aliphatic heterocycles. The number of aryl methyl sites for hydroxylation is 1. The van der Waals surface area contributed by atoms with Crippen LogP contribution in [0, 0.1) is 6.92 Å². The Morgan fingerprint density at radius 3 is 2.48 bits per heavy atom. The molecule has 0 radical (unpaired) electrons. The molecule has 0 aliphatic carbocycles. The zero-order valence-corrected chi connectivity index (χ0v) is 13.0. The van der Waals surface area contributed by atoms with Gasteiger partial charge in [0.1, 0.15) is 17.5 Å². The number of hydrogen-bond donors (Lipinski definition) is 2. The summed E-state index contributed by atoms with van der Waals surface area (Å²) in [6.45, 7) is 4.53. The van der Waals surface area contributed by atoms with Crippen LogP contribution in [0.1, 0.15) is 31.2 Å². The van der Waals surface area contributed by atoms with E-state index in [9.17, 15) is 13.2 Å². The molecule has 7 heteroatoms. The van der Waals surface area contributed by atoms with E-state index in [1.54, 1.807) is 19.1 Å². The topological polar surface area (TPSA) is 49.8 Å². The number of nitrogens with zero attached hydrogens (tertiary/aromatic N) is 2. The highest BCUT2D eigenvalue weighted by Gasteiger charge is 2.33. The molecule has 0 atom stereocenters. The minimum absolute atomic E-state index is 0.0300. The zero-order chi connectivity index (χ0) is 16.9. The molecule has 1 heterocycles. The molecule has 0 unspecified atom stereocenters. The molecule has 124 valence electrons. The highest BCUT2D eigenvalue weighted by atomic mass is 19.4. The van der Waals surface area contributed by atoms with Gasteiger partial charge in [-0.05, 0) is 25.5 Å². The van der Waals surface area contributed by atoms with Crippen molar-refractivity contribution in [1.82, 2.24) is 9.97 Å². The summed E-state index contributed by atoms with van der Waals surface area (Å²) in [6.07, 6.45) is -2.39. The van der Waals surface area contributed by atoms with Crippen LogP contribution in [0.3, 0.4) is 0 Å². The van der Waals surface area contributed by atoms with Crippen molar-refractivity contribution in [2.24, 2.45) is 0 Å². The van der Waals surface area contributed by atoms with Gasteiger partial charge in [0.2, 0.25) is 0 Å². The lowest BCUT2D eigenvalue weighted by Crippen LogP contribution is -2.10. The Labute approximate surface area is 133 Å². The van der Waals surface area contributed by atoms with Crippen LogP contribution >= 0.6 is 0 Å². The van der Waals surface area contributed by atoms with E-state index in [1.807, 2.05) is 0 Å². The Hall–Kier alpha value is -2.31. The summed E-state index contributed by atoms with van der Waals surface area (Å²) < 4.78 is 39.1. The van der Waals surface area contributed by atoms with Crippen molar-refractivity contribution in [1.29, 1.82) is 0 Å². The first-order valence-corrected chi connectivity index (χ1v) is 7.43. The van der Waals surface area contributed by atoms with Gasteiger partial charge < -0.3 is 10.6 Å². The van der Waals surface area contributed by atoms with Gasteiger partial charge in [0, 0.05) is 12.6 Å². The third-order valence-corrected chi connectivity index (χ3v) is 3.17. The Kier molecular flexibility index (Phi) is 5.41. The predicted octanol–water partition coefficient (Wildman–Crippen LogP) is 4.76. The minimum Gasteiger partial charge on any atom is -0.370 e. The lowest BCUT2D eigenvalue weighted by atomic mass is 10.1. The van der Waals surface area contributed by atoms with Gasteiger partial charge in [-0.25, -0.2) is 9.97 Å². The van der Waals surface area contributed by atoms with Crippen LogP contribution in [-0.4, -0.2) is 16.5 Å². The second-order valence-electron chi connectivity index (χ2n) is 5.13. The van der Waals surface area contributed by atoms with Crippen molar-refractivity contribution in [3.8, 4) is 0 Å². The van der Waals surface area contributed by atoms with E-state index < -0.39 is 11.7 Å². The number of hydrogen-bond acceptors (Lipinski definition) is 4. The normalized spacial score (nSPS) is 11.3. The van der Waals surface area contributed by atoms with E-state index in [4.69, 9.17) is 0 Å². The largest absolute Gasteiger partial charge is 0.418 e. The van der Waals surface area contributed by atoms with Gasteiger partial charge in [-0.15, -0.1) is 0 Å². The summed E-state index contributed by atoms with van der Waals surface area (Å²) in [7, 11) is 0. The summed E-state index contributed by atoms with van der Waals surface area (Å²) in [5.41, 5.74) is -0.755. The standard InChI is InChI=1S/C16H19F3N4/c1-3-4-9-20-14-10-15(22-11(2)21-14)23-13-8-6-5-7-12(13)16(17,18)19/h5-8,10H,3-4,9H2,1-2H3,(H2,20,21,22,23). The number of nitrogens with one attached hydrogen (secondary N) is 2. The number of rotatable bonds is 6. The van der Waals surface area contributed by atoms with Gasteiger partial charge in [-0.2, -0.15) is 13.2 Å². The van der Waals surface area contributed by atoms with Gasteiger partial charge in [-0.1, -0.05) is 25.5 Å². The molecule has 0 spiro atoms. The number of halogens is 3. The zero-order valence-electron chi connectivity index (χ0n) is 13.0. The second kappa shape index (κ2) is 7.30. The molecule has 4 nitrogen and oxygen atoms in total. The fraction of sp³-hybridized carbons (Fsp3) is 0.375. The number of alkyl halides is 3. The van der Waals surface area contributed by atoms with Gasteiger partial charge in [-0.3, -0.25) is 0 Å². The highest BCUT2D eigenvalue weighted by molar-refractivity contribution is 5.63. The summed E-state index contributed by atoms with van der Waals surface area (Å²) in [4.78, 5) is 8.38. The summed E-state index contributed by atoms with van der Waals surface area (Å²) >= 11 is 0. The number of para-hydroxylation sites is 1. The maximum Gasteiger partial charge on any atom is 0.418 e. The van der Waals surface area contributed by atoms with Crippen LogP contribution in [0.2, 0.25) is 0 Å². The van der Waals surface area contributed by atoms with Crippen molar-refractivity contribution in [2.75, 3.05) is 17.2 Å². The average molecular weight is 324 g/mol. The Balaban J connectivity index is 2.24. The SMILES string of the molecule is CCCCNc1cc(Nc2ccccc2C(F)(F)F)nc(C)n1. The molecule has 0 amide bonds. The summed E-state index contributed by atoms with van der Waals surface area (Å²) in [5, 5.41) is 5.88. The lowest BCUT2D eigenvalue weighted by Gasteiger charge is -2.15. The van der Waals surface area contributed by atoms with Gasteiger partial charge in [0.25, 0.3) is 0 Å². The number of anilines is 3. The fourth-order valence-electron chi connectivity index (χ4n) is 2.09. The average Bonchev–Trinajstić information content (AvgIpc) is 2.46. The molecule has 0 fully saturated rings. The molecule has 0 saturated heterocycles. The number of aromatic nitrogens is 2. The van der Waals surface area contributed by atoms with Crippen LogP contribution in [0.15, 0.2) is 30.3 Å². The van der Waals surface area contributed by atoms with Gasteiger partial charge in [0.05, 0.1) is 11.3 Å². The number of unbranched alkanes of at least 4 members (excludes halogenated alkanes) is 1. The van der Waals surface area contributed by atoms with Crippen LogP contribution in [0.4, 0.5) is 30.5 Å². The molecule has 2 rings (SSSR count). The van der Waals surface area contributed by atoms with Crippen LogP contribution in [0.5, 0.6) is 0 Å². The predicted molar refractivity (Wildman–Crippen MR) is 84.9 cm³/mol. The lowest BCUT2D eigenvalue weighted by molar-refractivity contribution is -0.136.